The highest BCUT2D eigenvalue weighted by atomic mass is 35.5. The quantitative estimate of drug-likeness (QED) is 0.543. The predicted molar refractivity (Wildman–Crippen MR) is 123 cm³/mol. The number of fused-ring (bicyclic) bond motifs is 1. The number of ether oxygens (including phenoxy) is 1. The fraction of sp³-hybridized carbons (Fsp3) is 0.348. The maximum atomic E-state index is 14.5. The fourth-order valence-corrected chi connectivity index (χ4v) is 4.38. The third-order valence-electron chi connectivity index (χ3n) is 5.82. The number of halogens is 2. The summed E-state index contributed by atoms with van der Waals surface area (Å²) in [5.41, 5.74) is 3.09. The molecule has 32 heavy (non-hydrogen) atoms. The molecule has 4 aliphatic rings. The Morgan fingerprint density at radius 3 is 3.03 bits per heavy atom. The van der Waals surface area contributed by atoms with E-state index in [1.807, 2.05) is 12.1 Å². The summed E-state index contributed by atoms with van der Waals surface area (Å²) in [5, 5.41) is 13.2. The molecule has 1 aromatic rings. The highest BCUT2D eigenvalue weighted by molar-refractivity contribution is 6.31. The van der Waals surface area contributed by atoms with Crippen molar-refractivity contribution in [3.8, 4) is 0 Å². The largest absolute Gasteiger partial charge is 0.374 e. The predicted octanol–water partition coefficient (Wildman–Crippen LogP) is 2.04. The molecule has 9 heteroatoms. The summed E-state index contributed by atoms with van der Waals surface area (Å²) in [5.74, 6) is 0.791. The molecular formula is C23H26ClFN6O. The van der Waals surface area contributed by atoms with E-state index in [0.29, 0.717) is 29.8 Å². The second kappa shape index (κ2) is 9.36. The Morgan fingerprint density at radius 2 is 2.16 bits per heavy atom. The van der Waals surface area contributed by atoms with Crippen LogP contribution in [0, 0.1) is 0 Å². The van der Waals surface area contributed by atoms with Crippen molar-refractivity contribution in [3.63, 3.8) is 0 Å². The summed E-state index contributed by atoms with van der Waals surface area (Å²) in [6.45, 7) is 3.85. The van der Waals surface area contributed by atoms with Gasteiger partial charge in [0.15, 0.2) is 5.83 Å². The summed E-state index contributed by atoms with van der Waals surface area (Å²) in [6.07, 6.45) is 5.18. The third kappa shape index (κ3) is 4.67. The van der Waals surface area contributed by atoms with Gasteiger partial charge in [0.05, 0.1) is 24.3 Å². The van der Waals surface area contributed by atoms with Gasteiger partial charge in [0.25, 0.3) is 0 Å². The molecule has 0 spiro atoms. The molecule has 1 saturated heterocycles. The number of morpholine rings is 1. The lowest BCUT2D eigenvalue weighted by atomic mass is 10.0. The van der Waals surface area contributed by atoms with Gasteiger partial charge < -0.3 is 26.0 Å². The zero-order valence-electron chi connectivity index (χ0n) is 17.6. The van der Waals surface area contributed by atoms with Gasteiger partial charge in [0, 0.05) is 49.7 Å². The Hall–Kier alpha value is -2.81. The standard InChI is InChI=1S/C23H26ClFN6O/c24-16-8-18-19(11-28-21(18)26-9-16)22-29-12-20(25)23(30-22)27-10-17-14-31(6-7-32-17)13-15-4-2-1-3-5-15/h1-5,8-9,11,17,21,26-27,29-30H,6-7,10,12-14H2. The number of hydrogen-bond donors (Lipinski definition) is 4. The van der Waals surface area contributed by atoms with Crippen molar-refractivity contribution in [1.29, 1.82) is 0 Å². The normalized spacial score (nSPS) is 27.7. The molecule has 0 aromatic heterocycles. The average molecular weight is 457 g/mol. The summed E-state index contributed by atoms with van der Waals surface area (Å²) in [6, 6.07) is 10.4. The van der Waals surface area contributed by atoms with Crippen LogP contribution in [0.25, 0.3) is 0 Å². The Balaban J connectivity index is 1.21. The van der Waals surface area contributed by atoms with Crippen molar-refractivity contribution in [1.82, 2.24) is 26.2 Å². The highest BCUT2D eigenvalue weighted by Gasteiger charge is 2.29. The summed E-state index contributed by atoms with van der Waals surface area (Å²) >= 11 is 6.14. The van der Waals surface area contributed by atoms with E-state index in [1.165, 1.54) is 5.56 Å². The van der Waals surface area contributed by atoms with E-state index in [4.69, 9.17) is 16.3 Å². The van der Waals surface area contributed by atoms with Crippen LogP contribution in [-0.2, 0) is 11.3 Å². The molecule has 168 valence electrons. The van der Waals surface area contributed by atoms with Gasteiger partial charge in [-0.15, -0.1) is 0 Å². The van der Waals surface area contributed by atoms with Gasteiger partial charge in [-0.05, 0) is 11.6 Å². The van der Waals surface area contributed by atoms with Crippen molar-refractivity contribution in [3.05, 3.63) is 81.8 Å². The molecule has 2 unspecified atom stereocenters. The van der Waals surface area contributed by atoms with Crippen LogP contribution >= 0.6 is 11.6 Å². The van der Waals surface area contributed by atoms with Gasteiger partial charge in [-0.1, -0.05) is 41.9 Å². The van der Waals surface area contributed by atoms with E-state index in [1.54, 1.807) is 12.4 Å². The molecule has 4 aliphatic heterocycles. The van der Waals surface area contributed by atoms with Crippen LogP contribution in [0.15, 0.2) is 81.2 Å². The number of nitrogens with zero attached hydrogens (tertiary/aromatic N) is 2. The van der Waals surface area contributed by atoms with Crippen molar-refractivity contribution >= 4 is 17.8 Å². The van der Waals surface area contributed by atoms with Gasteiger partial charge in [0.2, 0.25) is 0 Å². The smallest absolute Gasteiger partial charge is 0.159 e. The van der Waals surface area contributed by atoms with E-state index in [-0.39, 0.29) is 24.6 Å². The lowest BCUT2D eigenvalue weighted by Gasteiger charge is -2.34. The zero-order valence-corrected chi connectivity index (χ0v) is 18.3. The Labute approximate surface area is 191 Å². The molecule has 0 saturated carbocycles. The Bertz CT molecular complexity index is 1020. The van der Waals surface area contributed by atoms with Crippen LogP contribution < -0.4 is 21.3 Å². The van der Waals surface area contributed by atoms with Gasteiger partial charge in [-0.25, -0.2) is 4.39 Å². The van der Waals surface area contributed by atoms with E-state index >= 15 is 0 Å². The van der Waals surface area contributed by atoms with E-state index in [9.17, 15) is 4.39 Å². The number of allylic oxidation sites excluding steroid dienone is 2. The Kier molecular flexibility index (Phi) is 6.16. The van der Waals surface area contributed by atoms with Crippen molar-refractivity contribution in [2.45, 2.75) is 18.8 Å². The number of hydrogen-bond acceptors (Lipinski definition) is 7. The molecule has 1 fully saturated rings. The molecule has 4 N–H and O–H groups in total. The van der Waals surface area contributed by atoms with Crippen LogP contribution in [0.4, 0.5) is 4.39 Å². The summed E-state index contributed by atoms with van der Waals surface area (Å²) < 4.78 is 20.5. The second-order valence-electron chi connectivity index (χ2n) is 8.12. The average Bonchev–Trinajstić information content (AvgIpc) is 3.22. The van der Waals surface area contributed by atoms with Crippen molar-refractivity contribution in [2.75, 3.05) is 32.8 Å². The van der Waals surface area contributed by atoms with E-state index in [2.05, 4.69) is 55.4 Å². The molecule has 1 aromatic carbocycles. The van der Waals surface area contributed by atoms with Crippen molar-refractivity contribution in [2.24, 2.45) is 4.99 Å². The molecule has 5 rings (SSSR count). The van der Waals surface area contributed by atoms with Crippen LogP contribution in [0.3, 0.4) is 0 Å². The lowest BCUT2D eigenvalue weighted by molar-refractivity contribution is -0.0291. The lowest BCUT2D eigenvalue weighted by Crippen LogP contribution is -2.48. The molecule has 0 aliphatic carbocycles. The minimum atomic E-state index is -0.272. The first-order valence-corrected chi connectivity index (χ1v) is 11.2. The molecule has 4 heterocycles. The number of nitrogens with one attached hydrogen (secondary N) is 4. The second-order valence-corrected chi connectivity index (χ2v) is 8.55. The Morgan fingerprint density at radius 1 is 1.28 bits per heavy atom. The first-order chi connectivity index (χ1) is 15.7. The highest BCUT2D eigenvalue weighted by Crippen LogP contribution is 2.28. The van der Waals surface area contributed by atoms with Crippen LogP contribution in [0.1, 0.15) is 5.56 Å². The van der Waals surface area contributed by atoms with Crippen LogP contribution in [0.2, 0.25) is 0 Å². The molecule has 0 bridgehead atoms. The zero-order chi connectivity index (χ0) is 21.9. The van der Waals surface area contributed by atoms with Gasteiger partial charge in [-0.2, -0.15) is 0 Å². The number of aliphatic imine (C=N–C) groups is 1. The van der Waals surface area contributed by atoms with Crippen LogP contribution in [-0.4, -0.2) is 56.2 Å². The third-order valence-corrected chi connectivity index (χ3v) is 6.04. The van der Waals surface area contributed by atoms with Crippen molar-refractivity contribution < 1.29 is 9.13 Å². The van der Waals surface area contributed by atoms with Gasteiger partial charge >= 0.3 is 0 Å². The minimum Gasteiger partial charge on any atom is -0.374 e. The first kappa shape index (κ1) is 21.1. The van der Waals surface area contributed by atoms with Gasteiger partial charge in [-0.3, -0.25) is 9.89 Å². The fourth-order valence-electron chi connectivity index (χ4n) is 4.20. The molecule has 7 nitrogen and oxygen atoms in total. The maximum Gasteiger partial charge on any atom is 0.159 e. The first-order valence-electron chi connectivity index (χ1n) is 10.8. The molecule has 0 radical (unpaired) electrons. The van der Waals surface area contributed by atoms with E-state index in [0.717, 1.165) is 30.8 Å². The summed E-state index contributed by atoms with van der Waals surface area (Å²) in [4.78, 5) is 6.82. The van der Waals surface area contributed by atoms with E-state index < -0.39 is 0 Å². The number of dihydropyridines is 1. The number of rotatable bonds is 5. The summed E-state index contributed by atoms with van der Waals surface area (Å²) in [7, 11) is 0. The SMILES string of the molecule is FC1=C(NCC2CN(Cc3ccccc3)CCO2)NC(=C2C=NC3NC=C(Cl)C=C23)NC1. The van der Waals surface area contributed by atoms with Gasteiger partial charge in [0.1, 0.15) is 17.8 Å². The molecular weight excluding hydrogens is 431 g/mol. The minimum absolute atomic E-state index is 0.0211. The maximum absolute atomic E-state index is 14.5. The van der Waals surface area contributed by atoms with Crippen LogP contribution in [0.5, 0.6) is 0 Å². The molecule has 2 atom stereocenters. The molecule has 0 amide bonds. The monoisotopic (exact) mass is 456 g/mol. The number of benzene rings is 1. The topological polar surface area (TPSA) is 73.0 Å².